The average Bonchev–Trinajstić information content (AvgIpc) is 3.66. The van der Waals surface area contributed by atoms with Gasteiger partial charge in [0.1, 0.15) is 11.6 Å². The van der Waals surface area contributed by atoms with E-state index < -0.39 is 0 Å². The molecule has 4 aromatic carbocycles. The van der Waals surface area contributed by atoms with Gasteiger partial charge in [-0.3, -0.25) is 4.79 Å². The lowest BCUT2D eigenvalue weighted by molar-refractivity contribution is -0.135. The van der Waals surface area contributed by atoms with Crippen molar-refractivity contribution >= 4 is 27.5 Å². The molecule has 0 fully saturated rings. The van der Waals surface area contributed by atoms with Gasteiger partial charge in [0.05, 0.1) is 11.8 Å². The number of amides is 1. The Balaban J connectivity index is 1.16. The van der Waals surface area contributed by atoms with Crippen molar-refractivity contribution in [1.82, 2.24) is 15.2 Å². The molecule has 198 valence electrons. The summed E-state index contributed by atoms with van der Waals surface area (Å²) in [6.07, 6.45) is 0.503. The second kappa shape index (κ2) is 11.2. The molecule has 1 aliphatic rings. The second-order valence-electron chi connectivity index (χ2n) is 9.15. The Morgan fingerprint density at radius 3 is 2.15 bits per heavy atom. The van der Waals surface area contributed by atoms with Crippen molar-refractivity contribution in [2.75, 3.05) is 6.61 Å². The molecule has 5 aromatic rings. The molecule has 1 aromatic heterocycles. The van der Waals surface area contributed by atoms with Crippen LogP contribution in [0.2, 0.25) is 0 Å². The summed E-state index contributed by atoms with van der Waals surface area (Å²) in [6.45, 7) is -0.215. The first kappa shape index (κ1) is 25.6. The smallest absolute Gasteiger partial charge is 0.281 e. The van der Waals surface area contributed by atoms with Crippen LogP contribution >= 0.6 is 15.9 Å². The van der Waals surface area contributed by atoms with Gasteiger partial charge in [-0.15, -0.1) is 10.2 Å². The van der Waals surface area contributed by atoms with E-state index in [-0.39, 0.29) is 24.4 Å². The molecule has 0 saturated heterocycles. The molecule has 0 saturated carbocycles. The largest absolute Gasteiger partial charge is 0.484 e. The van der Waals surface area contributed by atoms with Gasteiger partial charge in [-0.25, -0.2) is 9.40 Å². The van der Waals surface area contributed by atoms with Crippen molar-refractivity contribution in [3.05, 3.63) is 125 Å². The Hall–Kier alpha value is -4.63. The number of nitrogens with zero attached hydrogens (tertiary/aromatic N) is 4. The third-order valence-electron chi connectivity index (χ3n) is 6.51. The minimum Gasteiger partial charge on any atom is -0.484 e. The Kier molecular flexibility index (Phi) is 7.20. The summed E-state index contributed by atoms with van der Waals surface area (Å²) in [5.74, 6) is 0.683. The molecule has 1 amide bonds. The van der Waals surface area contributed by atoms with Gasteiger partial charge in [-0.05, 0) is 71.8 Å². The average molecular weight is 597 g/mol. The number of carbonyl (C=O) groups is 1. The number of halogens is 2. The summed E-state index contributed by atoms with van der Waals surface area (Å²) in [6, 6.07) is 30.1. The molecule has 1 atom stereocenters. The molecule has 0 N–H and O–H groups in total. The van der Waals surface area contributed by atoms with Gasteiger partial charge in [-0.1, -0.05) is 58.4 Å². The lowest BCUT2D eigenvalue weighted by Crippen LogP contribution is -2.31. The highest BCUT2D eigenvalue weighted by atomic mass is 79.9. The Bertz CT molecular complexity index is 1650. The van der Waals surface area contributed by atoms with Crippen molar-refractivity contribution < 1.29 is 18.3 Å². The highest BCUT2D eigenvalue weighted by Gasteiger charge is 2.33. The first-order chi connectivity index (χ1) is 19.5. The van der Waals surface area contributed by atoms with Crippen LogP contribution in [0, 0.1) is 5.82 Å². The molecule has 0 radical (unpaired) electrons. The number of carbonyl (C=O) groups excluding carboxylic acids is 1. The van der Waals surface area contributed by atoms with E-state index in [2.05, 4.69) is 31.2 Å². The molecule has 6 rings (SSSR count). The van der Waals surface area contributed by atoms with E-state index in [1.807, 2.05) is 54.6 Å². The summed E-state index contributed by atoms with van der Waals surface area (Å²) in [4.78, 5) is 13.3. The van der Waals surface area contributed by atoms with Crippen LogP contribution in [0.25, 0.3) is 22.9 Å². The van der Waals surface area contributed by atoms with Gasteiger partial charge in [-0.2, -0.15) is 5.10 Å². The highest BCUT2D eigenvalue weighted by molar-refractivity contribution is 9.10. The maximum Gasteiger partial charge on any atom is 0.281 e. The maximum atomic E-state index is 13.6. The van der Waals surface area contributed by atoms with Gasteiger partial charge in [0.15, 0.2) is 6.61 Å². The number of ether oxygens (including phenoxy) is 1. The minimum absolute atomic E-state index is 0.215. The van der Waals surface area contributed by atoms with Crippen LogP contribution in [-0.2, 0) is 4.79 Å². The maximum absolute atomic E-state index is 13.6. The predicted octanol–water partition coefficient (Wildman–Crippen LogP) is 7.06. The number of rotatable bonds is 7. The Morgan fingerprint density at radius 1 is 0.850 bits per heavy atom. The second-order valence-corrected chi connectivity index (χ2v) is 10.1. The summed E-state index contributed by atoms with van der Waals surface area (Å²) < 4.78 is 26.2. The van der Waals surface area contributed by atoms with E-state index in [0.29, 0.717) is 24.0 Å². The monoisotopic (exact) mass is 596 g/mol. The number of hydrogen-bond donors (Lipinski definition) is 0. The summed E-state index contributed by atoms with van der Waals surface area (Å²) in [5.41, 5.74) is 4.05. The summed E-state index contributed by atoms with van der Waals surface area (Å²) in [5, 5.41) is 14.3. The number of benzene rings is 4. The van der Waals surface area contributed by atoms with E-state index in [9.17, 15) is 9.18 Å². The first-order valence-corrected chi connectivity index (χ1v) is 13.4. The lowest BCUT2D eigenvalue weighted by atomic mass is 9.98. The van der Waals surface area contributed by atoms with Crippen LogP contribution in [-0.4, -0.2) is 33.4 Å². The summed E-state index contributed by atoms with van der Waals surface area (Å²) in [7, 11) is 0. The van der Waals surface area contributed by atoms with Gasteiger partial charge in [0.25, 0.3) is 5.91 Å². The number of hydrazone groups is 1. The van der Waals surface area contributed by atoms with E-state index in [1.165, 1.54) is 17.1 Å². The van der Waals surface area contributed by atoms with E-state index in [1.54, 1.807) is 36.4 Å². The summed E-state index contributed by atoms with van der Waals surface area (Å²) >= 11 is 3.45. The normalized spacial score (nSPS) is 14.7. The van der Waals surface area contributed by atoms with Crippen molar-refractivity contribution in [1.29, 1.82) is 0 Å². The van der Waals surface area contributed by atoms with E-state index >= 15 is 0 Å². The molecule has 40 heavy (non-hydrogen) atoms. The third kappa shape index (κ3) is 5.55. The SMILES string of the molecule is O=C(COc1ccc(-c2nnc(-c3ccccc3)o2)cc1)N1N=C(c2ccc(Br)cc2)CC1c1ccc(F)cc1. The molecule has 9 heteroatoms. The van der Waals surface area contributed by atoms with E-state index in [0.717, 1.165) is 32.4 Å². The van der Waals surface area contributed by atoms with Gasteiger partial charge >= 0.3 is 0 Å². The van der Waals surface area contributed by atoms with Crippen molar-refractivity contribution in [3.8, 4) is 28.7 Å². The first-order valence-electron chi connectivity index (χ1n) is 12.6. The van der Waals surface area contributed by atoms with Gasteiger partial charge < -0.3 is 9.15 Å². The number of hydrogen-bond acceptors (Lipinski definition) is 6. The molecule has 0 bridgehead atoms. The number of aromatic nitrogens is 2. The van der Waals surface area contributed by atoms with Crippen LogP contribution in [0.1, 0.15) is 23.6 Å². The van der Waals surface area contributed by atoms with E-state index in [4.69, 9.17) is 9.15 Å². The van der Waals surface area contributed by atoms with Crippen LogP contribution in [0.4, 0.5) is 4.39 Å². The zero-order valence-electron chi connectivity index (χ0n) is 21.1. The van der Waals surface area contributed by atoms with Crippen LogP contribution in [0.5, 0.6) is 5.75 Å². The minimum atomic E-state index is -0.367. The standard InChI is InChI=1S/C31H22BrFN4O3/c32-24-12-6-20(7-13-24)27-18-28(21-8-14-25(33)15-9-21)37(36-27)29(38)19-39-26-16-10-23(11-17-26)31-35-34-30(40-31)22-4-2-1-3-5-22/h1-17,28H,18-19H2. The molecule has 7 nitrogen and oxygen atoms in total. The Labute approximate surface area is 238 Å². The van der Waals surface area contributed by atoms with Crippen LogP contribution in [0.3, 0.4) is 0 Å². The third-order valence-corrected chi connectivity index (χ3v) is 7.04. The molecular formula is C31H22BrFN4O3. The molecule has 1 unspecified atom stereocenters. The fraction of sp³-hybridized carbons (Fsp3) is 0.0968. The zero-order valence-corrected chi connectivity index (χ0v) is 22.7. The van der Waals surface area contributed by atoms with Crippen LogP contribution < -0.4 is 4.74 Å². The van der Waals surface area contributed by atoms with Crippen molar-refractivity contribution in [3.63, 3.8) is 0 Å². The molecule has 0 aliphatic carbocycles. The van der Waals surface area contributed by atoms with Gasteiger partial charge in [0.2, 0.25) is 11.8 Å². The van der Waals surface area contributed by atoms with Crippen LogP contribution in [0.15, 0.2) is 117 Å². The fourth-order valence-corrected chi connectivity index (χ4v) is 4.71. The van der Waals surface area contributed by atoms with Gasteiger partial charge in [0, 0.05) is 22.0 Å². The Morgan fingerprint density at radius 2 is 1.48 bits per heavy atom. The van der Waals surface area contributed by atoms with Crippen molar-refractivity contribution in [2.45, 2.75) is 12.5 Å². The molecule has 0 spiro atoms. The molecule has 1 aliphatic heterocycles. The van der Waals surface area contributed by atoms with Crippen molar-refractivity contribution in [2.24, 2.45) is 5.10 Å². The highest BCUT2D eigenvalue weighted by Crippen LogP contribution is 2.33. The molecular weight excluding hydrogens is 575 g/mol. The lowest BCUT2D eigenvalue weighted by Gasteiger charge is -2.22. The predicted molar refractivity (Wildman–Crippen MR) is 152 cm³/mol. The topological polar surface area (TPSA) is 80.8 Å². The quantitative estimate of drug-likeness (QED) is 0.201. The molecule has 2 heterocycles. The zero-order chi connectivity index (χ0) is 27.5. The fourth-order valence-electron chi connectivity index (χ4n) is 4.44.